The quantitative estimate of drug-likeness (QED) is 0.811. The summed E-state index contributed by atoms with van der Waals surface area (Å²) in [5.74, 6) is 0.873. The van der Waals surface area contributed by atoms with Crippen LogP contribution in [0.15, 0.2) is 30.5 Å². The second-order valence-corrected chi connectivity index (χ2v) is 5.49. The van der Waals surface area contributed by atoms with Crippen molar-refractivity contribution in [3.8, 4) is 0 Å². The highest BCUT2D eigenvalue weighted by molar-refractivity contribution is 9.09. The normalized spacial score (nSPS) is 15.6. The van der Waals surface area contributed by atoms with Crippen molar-refractivity contribution in [3.05, 3.63) is 30.5 Å². The molecule has 0 N–H and O–H groups in total. The molecule has 0 radical (unpaired) electrons. The van der Waals surface area contributed by atoms with Gasteiger partial charge in [-0.1, -0.05) is 34.1 Å². The molecule has 1 heterocycles. The molecule has 1 aliphatic rings. The molecule has 3 nitrogen and oxygen atoms in total. The average Bonchev–Trinajstić information content (AvgIpc) is 2.35. The van der Waals surface area contributed by atoms with Gasteiger partial charge < -0.3 is 4.90 Å². The number of nitrogens with zero attached hydrogens (tertiary/aromatic N) is 3. The van der Waals surface area contributed by atoms with Crippen LogP contribution in [-0.2, 0) is 0 Å². The fourth-order valence-electron chi connectivity index (χ4n) is 2.34. The highest BCUT2D eigenvalue weighted by atomic mass is 79.9. The molecule has 2 aromatic rings. The molecule has 1 aromatic carbocycles. The van der Waals surface area contributed by atoms with Gasteiger partial charge in [-0.3, -0.25) is 0 Å². The zero-order chi connectivity index (χ0) is 12.4. The van der Waals surface area contributed by atoms with E-state index in [0.717, 1.165) is 28.7 Å². The molecule has 94 valence electrons. The molecule has 0 unspecified atom stereocenters. The topological polar surface area (TPSA) is 29.0 Å². The Balaban J connectivity index is 1.95. The molecule has 3 rings (SSSR count). The first kappa shape index (κ1) is 11.9. The number of anilines is 1. The van der Waals surface area contributed by atoms with Gasteiger partial charge in [-0.05, 0) is 25.3 Å². The fourth-order valence-corrected chi connectivity index (χ4v) is 2.72. The predicted octanol–water partition coefficient (Wildman–Crippen LogP) is 3.38. The summed E-state index contributed by atoms with van der Waals surface area (Å²) in [7, 11) is 0. The number of rotatable bonds is 4. The Labute approximate surface area is 115 Å². The van der Waals surface area contributed by atoms with Gasteiger partial charge in [0.25, 0.3) is 0 Å². The second kappa shape index (κ2) is 5.22. The summed E-state index contributed by atoms with van der Waals surface area (Å²) in [6.07, 6.45) is 5.79. The SMILES string of the molecule is BrCCN(c1ncc2ccccc2n1)C1CCC1. The molecule has 1 fully saturated rings. The number of hydrogen-bond acceptors (Lipinski definition) is 3. The third-order valence-electron chi connectivity index (χ3n) is 3.57. The minimum atomic E-state index is 0.628. The molecule has 0 spiro atoms. The van der Waals surface area contributed by atoms with Gasteiger partial charge in [-0.2, -0.15) is 0 Å². The van der Waals surface area contributed by atoms with E-state index in [9.17, 15) is 0 Å². The summed E-state index contributed by atoms with van der Waals surface area (Å²) >= 11 is 3.52. The van der Waals surface area contributed by atoms with Crippen LogP contribution in [0.4, 0.5) is 5.95 Å². The van der Waals surface area contributed by atoms with Crippen LogP contribution in [0.25, 0.3) is 10.9 Å². The third-order valence-corrected chi connectivity index (χ3v) is 3.93. The maximum absolute atomic E-state index is 4.69. The van der Waals surface area contributed by atoms with Crippen molar-refractivity contribution in [2.75, 3.05) is 16.8 Å². The second-order valence-electron chi connectivity index (χ2n) is 4.70. The van der Waals surface area contributed by atoms with E-state index in [4.69, 9.17) is 4.98 Å². The van der Waals surface area contributed by atoms with Gasteiger partial charge in [-0.25, -0.2) is 9.97 Å². The standard InChI is InChI=1S/C14H16BrN3/c15-8-9-18(12-5-3-6-12)14-16-10-11-4-1-2-7-13(11)17-14/h1-2,4,7,10,12H,3,5-6,8-9H2. The van der Waals surface area contributed by atoms with Gasteiger partial charge in [0.05, 0.1) is 5.52 Å². The largest absolute Gasteiger partial charge is 0.337 e. The molecule has 0 bridgehead atoms. The number of aromatic nitrogens is 2. The Bertz CT molecular complexity index is 539. The molecular weight excluding hydrogens is 290 g/mol. The van der Waals surface area contributed by atoms with E-state index in [2.05, 4.69) is 31.9 Å². The van der Waals surface area contributed by atoms with Crippen molar-refractivity contribution >= 4 is 32.8 Å². The average molecular weight is 306 g/mol. The summed E-state index contributed by atoms with van der Waals surface area (Å²) in [5, 5.41) is 2.06. The first-order chi connectivity index (χ1) is 8.88. The molecule has 4 heteroatoms. The van der Waals surface area contributed by atoms with Gasteiger partial charge in [-0.15, -0.1) is 0 Å². The Morgan fingerprint density at radius 3 is 2.83 bits per heavy atom. The lowest BCUT2D eigenvalue weighted by atomic mass is 9.92. The Morgan fingerprint density at radius 1 is 1.28 bits per heavy atom. The first-order valence-corrected chi connectivity index (χ1v) is 7.55. The lowest BCUT2D eigenvalue weighted by molar-refractivity contribution is 0.387. The maximum atomic E-state index is 4.69. The van der Waals surface area contributed by atoms with E-state index in [1.165, 1.54) is 19.3 Å². The van der Waals surface area contributed by atoms with Crippen LogP contribution in [0.2, 0.25) is 0 Å². The van der Waals surface area contributed by atoms with Crippen molar-refractivity contribution < 1.29 is 0 Å². The van der Waals surface area contributed by atoms with Crippen LogP contribution in [-0.4, -0.2) is 27.9 Å². The van der Waals surface area contributed by atoms with Crippen LogP contribution in [0.1, 0.15) is 19.3 Å². The molecule has 1 aromatic heterocycles. The summed E-state index contributed by atoms with van der Waals surface area (Å²) < 4.78 is 0. The van der Waals surface area contributed by atoms with Gasteiger partial charge in [0.1, 0.15) is 0 Å². The molecular formula is C14H16BrN3. The lowest BCUT2D eigenvalue weighted by Crippen LogP contribution is -2.42. The van der Waals surface area contributed by atoms with Crippen molar-refractivity contribution in [1.29, 1.82) is 0 Å². The van der Waals surface area contributed by atoms with E-state index >= 15 is 0 Å². The van der Waals surface area contributed by atoms with Crippen LogP contribution in [0.5, 0.6) is 0 Å². The number of para-hydroxylation sites is 1. The Morgan fingerprint density at radius 2 is 2.11 bits per heavy atom. The molecule has 18 heavy (non-hydrogen) atoms. The Kier molecular flexibility index (Phi) is 3.46. The van der Waals surface area contributed by atoms with Crippen LogP contribution >= 0.6 is 15.9 Å². The van der Waals surface area contributed by atoms with E-state index < -0.39 is 0 Å². The monoisotopic (exact) mass is 305 g/mol. The molecule has 0 atom stereocenters. The lowest BCUT2D eigenvalue weighted by Gasteiger charge is -2.37. The van der Waals surface area contributed by atoms with Crippen molar-refractivity contribution in [3.63, 3.8) is 0 Å². The summed E-state index contributed by atoms with van der Waals surface area (Å²) in [6.45, 7) is 0.975. The summed E-state index contributed by atoms with van der Waals surface area (Å²) in [6, 6.07) is 8.78. The maximum Gasteiger partial charge on any atom is 0.226 e. The van der Waals surface area contributed by atoms with E-state index in [-0.39, 0.29) is 0 Å². The highest BCUT2D eigenvalue weighted by Gasteiger charge is 2.26. The first-order valence-electron chi connectivity index (χ1n) is 6.43. The molecule has 0 aliphatic heterocycles. The number of hydrogen-bond donors (Lipinski definition) is 0. The molecule has 1 aliphatic carbocycles. The minimum absolute atomic E-state index is 0.628. The number of halogens is 1. The third kappa shape index (κ3) is 2.21. The predicted molar refractivity (Wildman–Crippen MR) is 78.3 cm³/mol. The highest BCUT2D eigenvalue weighted by Crippen LogP contribution is 2.28. The zero-order valence-electron chi connectivity index (χ0n) is 10.2. The van der Waals surface area contributed by atoms with Crippen LogP contribution < -0.4 is 4.90 Å². The zero-order valence-corrected chi connectivity index (χ0v) is 11.8. The number of benzene rings is 1. The van der Waals surface area contributed by atoms with E-state index in [0.29, 0.717) is 6.04 Å². The van der Waals surface area contributed by atoms with Crippen molar-refractivity contribution in [2.45, 2.75) is 25.3 Å². The summed E-state index contributed by atoms with van der Waals surface area (Å²) in [4.78, 5) is 11.6. The van der Waals surface area contributed by atoms with Gasteiger partial charge >= 0.3 is 0 Å². The van der Waals surface area contributed by atoms with Crippen molar-refractivity contribution in [2.24, 2.45) is 0 Å². The number of fused-ring (bicyclic) bond motifs is 1. The fraction of sp³-hybridized carbons (Fsp3) is 0.429. The number of alkyl halides is 1. The van der Waals surface area contributed by atoms with E-state index in [1.54, 1.807) is 0 Å². The molecule has 1 saturated carbocycles. The van der Waals surface area contributed by atoms with Gasteiger partial charge in [0.15, 0.2) is 0 Å². The smallest absolute Gasteiger partial charge is 0.226 e. The Hall–Kier alpha value is -1.16. The van der Waals surface area contributed by atoms with E-state index in [1.807, 2.05) is 24.4 Å². The van der Waals surface area contributed by atoms with Gasteiger partial charge in [0.2, 0.25) is 5.95 Å². The molecule has 0 saturated heterocycles. The van der Waals surface area contributed by atoms with Crippen LogP contribution in [0.3, 0.4) is 0 Å². The van der Waals surface area contributed by atoms with Gasteiger partial charge in [0, 0.05) is 29.5 Å². The molecule has 0 amide bonds. The van der Waals surface area contributed by atoms with Crippen molar-refractivity contribution in [1.82, 2.24) is 9.97 Å². The van der Waals surface area contributed by atoms with Crippen LogP contribution in [0, 0.1) is 0 Å². The minimum Gasteiger partial charge on any atom is -0.337 e. The summed E-state index contributed by atoms with van der Waals surface area (Å²) in [5.41, 5.74) is 1.03.